The lowest BCUT2D eigenvalue weighted by Crippen LogP contribution is -2.40. The molecular weight excluding hydrogens is 572 g/mol. The van der Waals surface area contributed by atoms with Gasteiger partial charge in [-0.1, -0.05) is 26.8 Å². The fourth-order valence-corrected chi connectivity index (χ4v) is 6.39. The first-order valence-electron chi connectivity index (χ1n) is 13.6. The molecule has 39 heavy (non-hydrogen) atoms. The van der Waals surface area contributed by atoms with Crippen molar-refractivity contribution in [1.82, 2.24) is 19.7 Å². The Morgan fingerprint density at radius 2 is 1.92 bits per heavy atom. The maximum Gasteiger partial charge on any atom is 0.265 e. The van der Waals surface area contributed by atoms with Gasteiger partial charge < -0.3 is 10.2 Å². The Morgan fingerprint density at radius 1 is 1.10 bits per heavy atom. The van der Waals surface area contributed by atoms with Crippen LogP contribution in [-0.2, 0) is 11.8 Å². The molecule has 2 N–H and O–H groups in total. The van der Waals surface area contributed by atoms with Gasteiger partial charge in [-0.15, -0.1) is 0 Å². The van der Waals surface area contributed by atoms with Crippen LogP contribution < -0.4 is 14.9 Å². The van der Waals surface area contributed by atoms with Gasteiger partial charge >= 0.3 is 0 Å². The van der Waals surface area contributed by atoms with Crippen LogP contribution in [0.1, 0.15) is 75.6 Å². The number of nitrogens with zero attached hydrogens (tertiary/aromatic N) is 4. The molecule has 2 atom stereocenters. The van der Waals surface area contributed by atoms with Crippen molar-refractivity contribution in [3.8, 4) is 0 Å². The normalized spacial score (nSPS) is 21.3. The highest BCUT2D eigenvalue weighted by Gasteiger charge is 2.41. The first-order chi connectivity index (χ1) is 18.5. The van der Waals surface area contributed by atoms with Gasteiger partial charge in [-0.3, -0.25) is 14.5 Å². The van der Waals surface area contributed by atoms with Crippen molar-refractivity contribution < 1.29 is 4.79 Å². The molecule has 1 saturated heterocycles. The summed E-state index contributed by atoms with van der Waals surface area (Å²) in [6.07, 6.45) is 5.76. The van der Waals surface area contributed by atoms with E-state index in [4.69, 9.17) is 9.97 Å². The Hall–Kier alpha value is -2.65. The fourth-order valence-electron chi connectivity index (χ4n) is 5.56. The molecule has 3 aromatic heterocycles. The number of hydrogen-bond donors (Lipinski definition) is 2. The summed E-state index contributed by atoms with van der Waals surface area (Å²) in [5, 5.41) is 4.40. The van der Waals surface area contributed by atoms with Gasteiger partial charge in [0.15, 0.2) is 0 Å². The zero-order chi connectivity index (χ0) is 27.8. The topological polar surface area (TPSA) is 83.0 Å². The van der Waals surface area contributed by atoms with Crippen LogP contribution in [0.4, 0.5) is 11.6 Å². The summed E-state index contributed by atoms with van der Waals surface area (Å²) in [5.74, 6) is 1.91. The molecule has 4 bridgehead atoms. The van der Waals surface area contributed by atoms with Crippen LogP contribution in [0, 0.1) is 5.92 Å². The number of carbonyl (C=O) groups excluding carboxylic acids is 1. The SMILES string of the molecule is CC(C)(C)c1ccc2c(n1)N1C[C@@H](CCC(Cc3ccc(Br)cn3)Nc3cccc(n3)SNC2=O)CC1(C)C. The average Bonchev–Trinajstić information content (AvgIpc) is 3.20. The summed E-state index contributed by atoms with van der Waals surface area (Å²) in [7, 11) is 0. The van der Waals surface area contributed by atoms with E-state index >= 15 is 0 Å². The Balaban J connectivity index is 1.50. The summed E-state index contributed by atoms with van der Waals surface area (Å²) in [4.78, 5) is 30.4. The highest BCUT2D eigenvalue weighted by molar-refractivity contribution is 9.10. The predicted molar refractivity (Wildman–Crippen MR) is 162 cm³/mol. The van der Waals surface area contributed by atoms with E-state index < -0.39 is 0 Å². The maximum atomic E-state index is 13.5. The minimum atomic E-state index is -0.156. The van der Waals surface area contributed by atoms with Gasteiger partial charge in [0.1, 0.15) is 16.7 Å². The first-order valence-corrected chi connectivity index (χ1v) is 15.2. The number of nitrogens with one attached hydrogen (secondary N) is 2. The quantitative estimate of drug-likeness (QED) is 0.310. The molecular formula is C30H37BrN6OS. The molecule has 1 fully saturated rings. The van der Waals surface area contributed by atoms with Crippen molar-refractivity contribution in [1.29, 1.82) is 0 Å². The molecule has 1 unspecified atom stereocenters. The molecule has 2 aliphatic heterocycles. The van der Waals surface area contributed by atoms with E-state index in [1.54, 1.807) is 0 Å². The molecule has 3 aromatic rings. The lowest BCUT2D eigenvalue weighted by Gasteiger charge is -2.34. The average molecular weight is 610 g/mol. The lowest BCUT2D eigenvalue weighted by atomic mass is 9.90. The van der Waals surface area contributed by atoms with Gasteiger partial charge in [0.25, 0.3) is 5.91 Å². The van der Waals surface area contributed by atoms with E-state index in [0.717, 1.165) is 64.8 Å². The van der Waals surface area contributed by atoms with Crippen LogP contribution in [0.5, 0.6) is 0 Å². The summed E-state index contributed by atoms with van der Waals surface area (Å²) in [6.45, 7) is 11.9. The Kier molecular flexibility index (Phi) is 7.93. The van der Waals surface area contributed by atoms with Crippen molar-refractivity contribution >= 4 is 45.4 Å². The molecule has 0 aromatic carbocycles. The Morgan fingerprint density at radius 3 is 2.67 bits per heavy atom. The van der Waals surface area contributed by atoms with E-state index in [1.165, 1.54) is 11.9 Å². The van der Waals surface area contributed by atoms with Gasteiger partial charge in [0, 0.05) is 64.0 Å². The van der Waals surface area contributed by atoms with E-state index in [1.807, 2.05) is 42.6 Å². The second kappa shape index (κ2) is 11.1. The van der Waals surface area contributed by atoms with Gasteiger partial charge in [-0.05, 0) is 91.4 Å². The summed E-state index contributed by atoms with van der Waals surface area (Å²) < 4.78 is 4.00. The Labute approximate surface area is 244 Å². The number of rotatable bonds is 2. The van der Waals surface area contributed by atoms with Crippen LogP contribution in [0.15, 0.2) is 58.2 Å². The summed E-state index contributed by atoms with van der Waals surface area (Å²) in [5.41, 5.74) is 2.40. The highest BCUT2D eigenvalue weighted by atomic mass is 79.9. The van der Waals surface area contributed by atoms with E-state index in [0.29, 0.717) is 11.5 Å². The largest absolute Gasteiger partial charge is 0.367 e. The van der Waals surface area contributed by atoms with E-state index in [9.17, 15) is 4.79 Å². The first kappa shape index (κ1) is 27.9. The van der Waals surface area contributed by atoms with Crippen molar-refractivity contribution in [2.24, 2.45) is 5.92 Å². The number of fused-ring (bicyclic) bond motifs is 6. The molecule has 0 aliphatic carbocycles. The van der Waals surface area contributed by atoms with Gasteiger partial charge in [0.2, 0.25) is 0 Å². The molecule has 0 saturated carbocycles. The van der Waals surface area contributed by atoms with Gasteiger partial charge in [-0.25, -0.2) is 9.97 Å². The lowest BCUT2D eigenvalue weighted by molar-refractivity contribution is 0.0984. The van der Waals surface area contributed by atoms with Crippen LogP contribution in [0.25, 0.3) is 0 Å². The number of halogens is 1. The minimum absolute atomic E-state index is 0.116. The molecule has 7 nitrogen and oxygen atoms in total. The van der Waals surface area contributed by atoms with E-state index in [-0.39, 0.29) is 22.9 Å². The number of amides is 1. The number of carbonyl (C=O) groups is 1. The second-order valence-corrected chi connectivity index (χ2v) is 14.0. The minimum Gasteiger partial charge on any atom is -0.367 e. The molecule has 5 heterocycles. The molecule has 0 spiro atoms. The zero-order valence-corrected chi connectivity index (χ0v) is 25.7. The van der Waals surface area contributed by atoms with E-state index in [2.05, 4.69) is 76.5 Å². The van der Waals surface area contributed by atoms with Gasteiger partial charge in [0.05, 0.1) is 5.56 Å². The summed E-state index contributed by atoms with van der Waals surface area (Å²) >= 11 is 4.73. The van der Waals surface area contributed by atoms with Gasteiger partial charge in [-0.2, -0.15) is 0 Å². The van der Waals surface area contributed by atoms with Crippen molar-refractivity contribution in [2.45, 2.75) is 82.3 Å². The predicted octanol–water partition coefficient (Wildman–Crippen LogP) is 6.79. The van der Waals surface area contributed by atoms with Crippen molar-refractivity contribution in [3.63, 3.8) is 0 Å². The smallest absolute Gasteiger partial charge is 0.265 e. The maximum absolute atomic E-state index is 13.5. The van der Waals surface area contributed by atoms with Crippen LogP contribution in [0.2, 0.25) is 0 Å². The number of aromatic nitrogens is 3. The standard InChI is InChI=1S/C30H37BrN6OS/c1-29(2,3)24-14-13-23-27(34-24)37-18-19(16-30(37,4)5)9-11-22(15-21-12-10-20(31)17-32-21)33-25-7-6-8-26(35-25)39-36-28(23)38/h6-8,10,12-14,17,19,22H,9,11,15-16,18H2,1-5H3,(H,33,35)(H,36,38)/t19-,22?/m0/s1. The number of anilines is 2. The van der Waals surface area contributed by atoms with Crippen molar-refractivity contribution in [2.75, 3.05) is 16.8 Å². The number of hydrogen-bond acceptors (Lipinski definition) is 7. The van der Waals surface area contributed by atoms with Crippen LogP contribution >= 0.6 is 27.9 Å². The second-order valence-electron chi connectivity index (χ2n) is 12.3. The monoisotopic (exact) mass is 608 g/mol. The molecule has 1 amide bonds. The summed E-state index contributed by atoms with van der Waals surface area (Å²) in [6, 6.07) is 14.1. The third-order valence-electron chi connectivity index (χ3n) is 7.59. The Bertz CT molecular complexity index is 1340. The van der Waals surface area contributed by atoms with Crippen molar-refractivity contribution in [3.05, 3.63) is 70.1 Å². The molecule has 5 rings (SSSR count). The number of pyridine rings is 3. The van der Waals surface area contributed by atoms with Crippen LogP contribution in [-0.4, -0.2) is 39.0 Å². The molecule has 2 aliphatic rings. The van der Waals surface area contributed by atoms with Crippen LogP contribution in [0.3, 0.4) is 0 Å². The molecule has 206 valence electrons. The molecule has 0 radical (unpaired) electrons. The zero-order valence-electron chi connectivity index (χ0n) is 23.3. The highest BCUT2D eigenvalue weighted by Crippen LogP contribution is 2.40. The third-order valence-corrected chi connectivity index (χ3v) is 8.79. The fraction of sp³-hybridized carbons (Fsp3) is 0.467. The molecule has 9 heteroatoms. The third kappa shape index (κ3) is 6.57.